The number of halogens is 4. The summed E-state index contributed by atoms with van der Waals surface area (Å²) in [6, 6.07) is 8.98. The van der Waals surface area contributed by atoms with Crippen molar-refractivity contribution in [2.75, 3.05) is 13.2 Å². The predicted octanol–water partition coefficient (Wildman–Crippen LogP) is 4.45. The second kappa shape index (κ2) is 11.6. The van der Waals surface area contributed by atoms with E-state index in [0.717, 1.165) is 6.07 Å². The van der Waals surface area contributed by atoms with Crippen molar-refractivity contribution in [3.8, 4) is 6.07 Å². The Morgan fingerprint density at radius 1 is 1.24 bits per heavy atom. The van der Waals surface area contributed by atoms with Crippen molar-refractivity contribution in [2.45, 2.75) is 63.1 Å². The molecule has 2 aromatic rings. The van der Waals surface area contributed by atoms with E-state index in [-0.39, 0.29) is 39.6 Å². The van der Waals surface area contributed by atoms with Crippen molar-refractivity contribution in [3.05, 3.63) is 69.2 Å². The number of benzene rings is 2. The molecule has 0 spiro atoms. The summed E-state index contributed by atoms with van der Waals surface area (Å²) in [5, 5.41) is 35.2. The maximum Gasteiger partial charge on any atom is 0.237 e. The van der Waals surface area contributed by atoms with Crippen LogP contribution in [-0.2, 0) is 10.2 Å². The Morgan fingerprint density at radius 2 is 1.95 bits per heavy atom. The molecule has 0 aromatic heterocycles. The van der Waals surface area contributed by atoms with E-state index in [2.05, 4.69) is 16.7 Å². The van der Waals surface area contributed by atoms with Gasteiger partial charge in [-0.3, -0.25) is 4.79 Å². The maximum atomic E-state index is 15.5. The number of nitriles is 1. The Bertz CT molecular complexity index is 1180. The Labute approximate surface area is 225 Å². The van der Waals surface area contributed by atoms with Crippen LogP contribution in [0, 0.1) is 28.4 Å². The highest BCUT2D eigenvalue weighted by molar-refractivity contribution is 6.31. The van der Waals surface area contributed by atoms with E-state index < -0.39 is 53.7 Å². The highest BCUT2D eigenvalue weighted by Crippen LogP contribution is 2.52. The van der Waals surface area contributed by atoms with E-state index >= 15 is 4.39 Å². The molecule has 3 rings (SSSR count). The topological polar surface area (TPSA) is 105 Å². The summed E-state index contributed by atoms with van der Waals surface area (Å²) in [4.78, 5) is 13.5. The van der Waals surface area contributed by atoms with Gasteiger partial charge >= 0.3 is 0 Å². The fourth-order valence-corrected chi connectivity index (χ4v) is 5.38. The summed E-state index contributed by atoms with van der Waals surface area (Å²) >= 11 is 12.1. The smallest absolute Gasteiger partial charge is 0.237 e. The lowest BCUT2D eigenvalue weighted by atomic mass is 9.63. The molecule has 37 heavy (non-hydrogen) atoms. The van der Waals surface area contributed by atoms with Gasteiger partial charge in [0, 0.05) is 18.5 Å². The average Bonchev–Trinajstić information content (AvgIpc) is 3.15. The second-order valence-corrected chi connectivity index (χ2v) is 11.4. The van der Waals surface area contributed by atoms with Gasteiger partial charge in [-0.15, -0.1) is 0 Å². The highest BCUT2D eigenvalue weighted by atomic mass is 35.5. The number of carbonyl (C=O) groups excluding carboxylic acids is 1. The maximum absolute atomic E-state index is 15.5. The minimum absolute atomic E-state index is 0.0442. The lowest BCUT2D eigenvalue weighted by molar-refractivity contribution is -0.123. The van der Waals surface area contributed by atoms with Crippen LogP contribution in [0.1, 0.15) is 50.7 Å². The molecule has 200 valence electrons. The monoisotopic (exact) mass is 553 g/mol. The predicted molar refractivity (Wildman–Crippen MR) is 138 cm³/mol. The minimum atomic E-state index is -1.57. The van der Waals surface area contributed by atoms with Crippen LogP contribution < -0.4 is 10.6 Å². The highest BCUT2D eigenvalue weighted by Gasteiger charge is 2.60. The normalized spacial score (nSPS) is 24.5. The summed E-state index contributed by atoms with van der Waals surface area (Å²) in [5.74, 6) is -3.12. The second-order valence-electron chi connectivity index (χ2n) is 10.6. The third-order valence-electron chi connectivity index (χ3n) is 6.74. The van der Waals surface area contributed by atoms with Crippen molar-refractivity contribution in [3.63, 3.8) is 0 Å². The van der Waals surface area contributed by atoms with Crippen LogP contribution in [0.4, 0.5) is 8.78 Å². The summed E-state index contributed by atoms with van der Waals surface area (Å²) in [6.45, 7) is 5.50. The van der Waals surface area contributed by atoms with E-state index in [1.165, 1.54) is 30.3 Å². The van der Waals surface area contributed by atoms with Crippen molar-refractivity contribution in [2.24, 2.45) is 5.41 Å². The fraction of sp³-hybridized carbons (Fsp3) is 0.481. The number of nitrogens with one attached hydrogen (secondary N) is 2. The Morgan fingerprint density at radius 3 is 2.54 bits per heavy atom. The molecule has 5 unspecified atom stereocenters. The van der Waals surface area contributed by atoms with E-state index in [9.17, 15) is 19.6 Å². The Balaban J connectivity index is 2.22. The Kier molecular flexibility index (Phi) is 9.20. The molecule has 1 amide bonds. The third kappa shape index (κ3) is 6.08. The van der Waals surface area contributed by atoms with Gasteiger partial charge in [0.25, 0.3) is 0 Å². The summed E-state index contributed by atoms with van der Waals surface area (Å²) in [6.07, 6.45) is -0.513. The number of amides is 1. The van der Waals surface area contributed by atoms with E-state index in [0.29, 0.717) is 6.42 Å². The number of hydrogen-bond acceptors (Lipinski definition) is 5. The lowest BCUT2D eigenvalue weighted by Gasteiger charge is -2.37. The molecule has 10 heteroatoms. The third-order valence-corrected chi connectivity index (χ3v) is 7.34. The van der Waals surface area contributed by atoms with E-state index in [1.807, 2.05) is 20.8 Å². The number of carbonyl (C=O) groups is 1. The largest absolute Gasteiger partial charge is 0.394 e. The van der Waals surface area contributed by atoms with Gasteiger partial charge < -0.3 is 20.8 Å². The Hall–Kier alpha value is -2.28. The van der Waals surface area contributed by atoms with E-state index in [4.69, 9.17) is 28.3 Å². The first-order valence-electron chi connectivity index (χ1n) is 12.0. The number of rotatable bonds is 8. The molecule has 0 saturated carbocycles. The molecule has 4 N–H and O–H groups in total. The molecule has 0 radical (unpaired) electrons. The molecule has 6 nitrogen and oxygen atoms in total. The first kappa shape index (κ1) is 29.3. The molecular weight excluding hydrogens is 523 g/mol. The summed E-state index contributed by atoms with van der Waals surface area (Å²) in [5.41, 5.74) is -1.59. The van der Waals surface area contributed by atoms with Gasteiger partial charge in [0.15, 0.2) is 0 Å². The number of aliphatic hydroxyl groups excluding tert-OH is 2. The van der Waals surface area contributed by atoms with Crippen LogP contribution in [-0.4, -0.2) is 47.5 Å². The molecule has 0 aliphatic carbocycles. The summed E-state index contributed by atoms with van der Waals surface area (Å²) in [7, 11) is 0. The van der Waals surface area contributed by atoms with Gasteiger partial charge in [0.1, 0.15) is 17.0 Å². The van der Waals surface area contributed by atoms with Crippen LogP contribution in [0.3, 0.4) is 0 Å². The standard InChI is InChI=1S/C27H31Cl2F2N3O3/c1-26(2,3)12-21-27(14-32,15-7-8-18(28)20(30)11-15)22(17-5-4-6-19(29)23(17)31)24(34-21)25(37)33-10-9-16(36)13-35/h4-8,11,16,21-22,24,34-36H,9-10,12-13H2,1-3H3,(H,33,37). The minimum Gasteiger partial charge on any atom is -0.394 e. The van der Waals surface area contributed by atoms with Crippen LogP contribution in [0.5, 0.6) is 0 Å². The van der Waals surface area contributed by atoms with Gasteiger partial charge in [0.2, 0.25) is 5.91 Å². The average molecular weight is 554 g/mol. The van der Waals surface area contributed by atoms with E-state index in [1.54, 1.807) is 0 Å². The SMILES string of the molecule is CC(C)(C)CC1NC(C(=O)NCCC(O)CO)C(c2cccc(Cl)c2F)C1(C#N)c1ccc(Cl)c(F)c1. The molecule has 2 aromatic carbocycles. The first-order chi connectivity index (χ1) is 17.4. The van der Waals surface area contributed by atoms with Crippen LogP contribution in [0.25, 0.3) is 0 Å². The molecule has 1 aliphatic rings. The van der Waals surface area contributed by atoms with Gasteiger partial charge in [0.05, 0.1) is 34.9 Å². The van der Waals surface area contributed by atoms with Crippen molar-refractivity contribution in [1.82, 2.24) is 10.6 Å². The van der Waals surface area contributed by atoms with Crippen molar-refractivity contribution < 1.29 is 23.8 Å². The van der Waals surface area contributed by atoms with Crippen LogP contribution in [0.15, 0.2) is 36.4 Å². The number of nitrogens with zero attached hydrogens (tertiary/aromatic N) is 1. The molecule has 0 bridgehead atoms. The summed E-state index contributed by atoms with van der Waals surface area (Å²) < 4.78 is 30.3. The molecular formula is C27H31Cl2F2N3O3. The number of hydrogen-bond donors (Lipinski definition) is 4. The van der Waals surface area contributed by atoms with Gasteiger partial charge in [-0.25, -0.2) is 8.78 Å². The fourth-order valence-electron chi connectivity index (χ4n) is 5.08. The quantitative estimate of drug-likeness (QED) is 0.386. The van der Waals surface area contributed by atoms with Gasteiger partial charge in [-0.1, -0.05) is 62.2 Å². The van der Waals surface area contributed by atoms with Gasteiger partial charge in [-0.05, 0) is 47.6 Å². The van der Waals surface area contributed by atoms with Crippen LogP contribution in [0.2, 0.25) is 10.0 Å². The van der Waals surface area contributed by atoms with Gasteiger partial charge in [-0.2, -0.15) is 5.26 Å². The lowest BCUT2D eigenvalue weighted by Crippen LogP contribution is -2.46. The molecule has 1 fully saturated rings. The zero-order chi connectivity index (χ0) is 27.5. The van der Waals surface area contributed by atoms with Crippen LogP contribution >= 0.6 is 23.2 Å². The van der Waals surface area contributed by atoms with Crippen molar-refractivity contribution in [1.29, 1.82) is 5.26 Å². The zero-order valence-corrected chi connectivity index (χ0v) is 22.4. The molecule has 1 aliphatic heterocycles. The molecule has 5 atom stereocenters. The van der Waals surface area contributed by atoms with Crippen molar-refractivity contribution >= 4 is 29.1 Å². The molecule has 1 saturated heterocycles. The number of aliphatic hydroxyl groups is 2. The zero-order valence-electron chi connectivity index (χ0n) is 20.9. The molecule has 1 heterocycles. The first-order valence-corrected chi connectivity index (χ1v) is 12.7.